The Balaban J connectivity index is 2.65. The van der Waals surface area contributed by atoms with Gasteiger partial charge >= 0.3 is 5.97 Å². The van der Waals surface area contributed by atoms with E-state index >= 15 is 0 Å². The molecule has 7 nitrogen and oxygen atoms in total. The third-order valence-corrected chi connectivity index (χ3v) is 5.74. The van der Waals surface area contributed by atoms with Crippen LogP contribution in [0.1, 0.15) is 42.5 Å². The van der Waals surface area contributed by atoms with Gasteiger partial charge in [-0.1, -0.05) is 6.07 Å². The lowest BCUT2D eigenvalue weighted by Gasteiger charge is -2.16. The van der Waals surface area contributed by atoms with E-state index in [0.717, 1.165) is 11.1 Å². The molecule has 26 heavy (non-hydrogen) atoms. The van der Waals surface area contributed by atoms with Crippen LogP contribution in [0.15, 0.2) is 11.0 Å². The SMILES string of the molecule is Cc1cc(C)c(C)c(S(=O)(=O)NCCC(=O)OCC(=O)NC(C)C)c1C. The average molecular weight is 384 g/mol. The van der Waals surface area contributed by atoms with Crippen molar-refractivity contribution in [3.63, 3.8) is 0 Å². The molecular formula is C18H28N2O5S. The zero-order valence-corrected chi connectivity index (χ0v) is 17.0. The van der Waals surface area contributed by atoms with Crippen LogP contribution in [-0.2, 0) is 24.3 Å². The molecule has 0 aliphatic heterocycles. The zero-order chi connectivity index (χ0) is 20.1. The molecule has 0 aliphatic rings. The second-order valence-electron chi connectivity index (χ2n) is 6.62. The van der Waals surface area contributed by atoms with E-state index in [2.05, 4.69) is 10.0 Å². The first-order chi connectivity index (χ1) is 12.0. The zero-order valence-electron chi connectivity index (χ0n) is 16.2. The molecule has 0 radical (unpaired) electrons. The quantitative estimate of drug-likeness (QED) is 0.664. The largest absolute Gasteiger partial charge is 0.456 e. The van der Waals surface area contributed by atoms with Crippen molar-refractivity contribution in [2.24, 2.45) is 0 Å². The number of esters is 1. The molecule has 146 valence electrons. The number of hydrogen-bond donors (Lipinski definition) is 2. The maximum atomic E-state index is 12.6. The number of aryl methyl sites for hydroxylation is 2. The van der Waals surface area contributed by atoms with E-state index < -0.39 is 21.9 Å². The first-order valence-electron chi connectivity index (χ1n) is 8.47. The van der Waals surface area contributed by atoms with Gasteiger partial charge in [0.25, 0.3) is 5.91 Å². The number of benzene rings is 1. The number of nitrogens with one attached hydrogen (secondary N) is 2. The highest BCUT2D eigenvalue weighted by Gasteiger charge is 2.22. The summed E-state index contributed by atoms with van der Waals surface area (Å²) in [6.07, 6.45) is -0.156. The minimum absolute atomic E-state index is 0.0442. The van der Waals surface area contributed by atoms with Gasteiger partial charge in [0.05, 0.1) is 11.3 Å². The Morgan fingerprint density at radius 2 is 1.62 bits per heavy atom. The van der Waals surface area contributed by atoms with Crippen LogP contribution in [0, 0.1) is 27.7 Å². The summed E-state index contributed by atoms with van der Waals surface area (Å²) in [6, 6.07) is 1.90. The number of carbonyl (C=O) groups excluding carboxylic acids is 2. The van der Waals surface area contributed by atoms with Gasteiger partial charge in [-0.15, -0.1) is 0 Å². The minimum Gasteiger partial charge on any atom is -0.456 e. The summed E-state index contributed by atoms with van der Waals surface area (Å²) in [4.78, 5) is 23.3. The number of amides is 1. The Hall–Kier alpha value is -1.93. The van der Waals surface area contributed by atoms with Crippen molar-refractivity contribution in [3.8, 4) is 0 Å². The summed E-state index contributed by atoms with van der Waals surface area (Å²) in [5, 5.41) is 2.60. The van der Waals surface area contributed by atoms with E-state index in [0.29, 0.717) is 11.1 Å². The van der Waals surface area contributed by atoms with Gasteiger partial charge in [-0.05, 0) is 63.8 Å². The summed E-state index contributed by atoms with van der Waals surface area (Å²) < 4.78 is 32.5. The van der Waals surface area contributed by atoms with Crippen molar-refractivity contribution >= 4 is 21.9 Å². The minimum atomic E-state index is -3.75. The normalized spacial score (nSPS) is 11.5. The van der Waals surface area contributed by atoms with E-state index in [1.807, 2.05) is 19.9 Å². The lowest BCUT2D eigenvalue weighted by atomic mass is 10.0. The molecule has 0 fully saturated rings. The van der Waals surface area contributed by atoms with Crippen molar-refractivity contribution in [2.45, 2.75) is 58.9 Å². The van der Waals surface area contributed by atoms with Crippen molar-refractivity contribution in [1.29, 1.82) is 0 Å². The van der Waals surface area contributed by atoms with Crippen LogP contribution in [0.3, 0.4) is 0 Å². The number of sulfonamides is 1. The van der Waals surface area contributed by atoms with Crippen LogP contribution >= 0.6 is 0 Å². The molecule has 0 heterocycles. The topological polar surface area (TPSA) is 102 Å². The number of carbonyl (C=O) groups is 2. The Morgan fingerprint density at radius 3 is 2.12 bits per heavy atom. The summed E-state index contributed by atoms with van der Waals surface area (Å²) in [5.74, 6) is -1.03. The average Bonchev–Trinajstić information content (AvgIpc) is 2.50. The van der Waals surface area contributed by atoms with Gasteiger partial charge < -0.3 is 10.1 Å². The van der Waals surface area contributed by atoms with Gasteiger partial charge in [0.15, 0.2) is 6.61 Å². The first-order valence-corrected chi connectivity index (χ1v) is 9.96. The van der Waals surface area contributed by atoms with Crippen LogP contribution in [0.2, 0.25) is 0 Å². The number of ether oxygens (including phenoxy) is 1. The number of rotatable bonds is 8. The molecule has 1 aromatic rings. The highest BCUT2D eigenvalue weighted by Crippen LogP contribution is 2.25. The van der Waals surface area contributed by atoms with Gasteiger partial charge in [-0.25, -0.2) is 13.1 Å². The van der Waals surface area contributed by atoms with Crippen molar-refractivity contribution in [3.05, 3.63) is 28.3 Å². The maximum absolute atomic E-state index is 12.6. The fourth-order valence-electron chi connectivity index (χ4n) is 2.53. The monoisotopic (exact) mass is 384 g/mol. The van der Waals surface area contributed by atoms with Gasteiger partial charge in [-0.2, -0.15) is 0 Å². The molecule has 0 aliphatic carbocycles. The standard InChI is InChI=1S/C18H28N2O5S/c1-11(2)20-16(21)10-25-17(22)7-8-19-26(23,24)18-14(5)12(3)9-13(4)15(18)6/h9,11,19H,7-8,10H2,1-6H3,(H,20,21). The summed E-state index contributed by atoms with van der Waals surface area (Å²) in [5.41, 5.74) is 3.16. The molecule has 1 amide bonds. The molecule has 0 unspecified atom stereocenters. The highest BCUT2D eigenvalue weighted by atomic mass is 32.2. The number of hydrogen-bond acceptors (Lipinski definition) is 5. The fraction of sp³-hybridized carbons (Fsp3) is 0.556. The van der Waals surface area contributed by atoms with Gasteiger partial charge in [0, 0.05) is 12.6 Å². The van der Waals surface area contributed by atoms with Gasteiger partial charge in [-0.3, -0.25) is 9.59 Å². The van der Waals surface area contributed by atoms with E-state index in [1.165, 1.54) is 0 Å². The third kappa shape index (κ3) is 6.10. The Kier molecular flexibility index (Phi) is 7.77. The lowest BCUT2D eigenvalue weighted by Crippen LogP contribution is -2.34. The van der Waals surface area contributed by atoms with Crippen LogP contribution in [0.4, 0.5) is 0 Å². The molecule has 0 spiro atoms. The van der Waals surface area contributed by atoms with E-state index in [1.54, 1.807) is 27.7 Å². The summed E-state index contributed by atoms with van der Waals surface area (Å²) in [6.45, 7) is 10.4. The molecule has 8 heteroatoms. The molecule has 0 bridgehead atoms. The summed E-state index contributed by atoms with van der Waals surface area (Å²) in [7, 11) is -3.75. The molecule has 1 rings (SSSR count). The molecule has 0 saturated heterocycles. The molecule has 0 saturated carbocycles. The third-order valence-electron chi connectivity index (χ3n) is 4.00. The second kappa shape index (κ2) is 9.14. The van der Waals surface area contributed by atoms with E-state index in [-0.39, 0.29) is 30.5 Å². The summed E-state index contributed by atoms with van der Waals surface area (Å²) >= 11 is 0. The highest BCUT2D eigenvalue weighted by molar-refractivity contribution is 7.89. The van der Waals surface area contributed by atoms with Gasteiger partial charge in [0.1, 0.15) is 0 Å². The van der Waals surface area contributed by atoms with Crippen LogP contribution in [0.5, 0.6) is 0 Å². The smallest absolute Gasteiger partial charge is 0.307 e. The van der Waals surface area contributed by atoms with E-state index in [4.69, 9.17) is 4.74 Å². The van der Waals surface area contributed by atoms with Crippen molar-refractivity contribution in [2.75, 3.05) is 13.2 Å². The fourth-order valence-corrected chi connectivity index (χ4v) is 4.17. The Labute approximate surface area is 155 Å². The molecule has 1 aromatic carbocycles. The van der Waals surface area contributed by atoms with Crippen LogP contribution < -0.4 is 10.0 Å². The predicted octanol–water partition coefficient (Wildman–Crippen LogP) is 1.66. The van der Waals surface area contributed by atoms with Crippen molar-refractivity contribution in [1.82, 2.24) is 10.0 Å². The van der Waals surface area contributed by atoms with E-state index in [9.17, 15) is 18.0 Å². The first kappa shape index (κ1) is 22.1. The van der Waals surface area contributed by atoms with Crippen molar-refractivity contribution < 1.29 is 22.7 Å². The van der Waals surface area contributed by atoms with Crippen LogP contribution in [-0.4, -0.2) is 39.5 Å². The lowest BCUT2D eigenvalue weighted by molar-refractivity contribution is -0.148. The maximum Gasteiger partial charge on any atom is 0.307 e. The van der Waals surface area contributed by atoms with Gasteiger partial charge in [0.2, 0.25) is 10.0 Å². The molecule has 2 N–H and O–H groups in total. The Morgan fingerprint density at radius 1 is 1.08 bits per heavy atom. The Bertz CT molecular complexity index is 759. The molecular weight excluding hydrogens is 356 g/mol. The molecule has 0 atom stereocenters. The second-order valence-corrected chi connectivity index (χ2v) is 8.32. The predicted molar refractivity (Wildman–Crippen MR) is 99.4 cm³/mol. The molecule has 0 aromatic heterocycles. The van der Waals surface area contributed by atoms with Crippen LogP contribution in [0.25, 0.3) is 0 Å².